The van der Waals surface area contributed by atoms with E-state index in [4.69, 9.17) is 4.74 Å². The molecule has 1 fully saturated rings. The molecule has 0 aliphatic carbocycles. The minimum absolute atomic E-state index is 0.0471. The molecule has 4 nitrogen and oxygen atoms in total. The van der Waals surface area contributed by atoms with E-state index in [9.17, 15) is 4.79 Å². The first-order valence-corrected chi connectivity index (χ1v) is 8.62. The Morgan fingerprint density at radius 1 is 1.26 bits per heavy atom. The zero-order valence-corrected chi connectivity index (χ0v) is 14.1. The maximum Gasteiger partial charge on any atom is 0.248 e. The van der Waals surface area contributed by atoms with E-state index in [1.165, 1.54) is 5.56 Å². The van der Waals surface area contributed by atoms with Crippen molar-refractivity contribution in [2.75, 3.05) is 26.3 Å². The SMILES string of the molecule is CCC1(CC)Cc2ccccc2/C(=C/C(=O)N2CCOCC2)N1. The van der Waals surface area contributed by atoms with E-state index < -0.39 is 0 Å². The van der Waals surface area contributed by atoms with Gasteiger partial charge in [0.2, 0.25) is 5.91 Å². The highest BCUT2D eigenvalue weighted by Crippen LogP contribution is 2.33. The fourth-order valence-electron chi connectivity index (χ4n) is 3.49. The number of amides is 1. The largest absolute Gasteiger partial charge is 0.379 e. The number of fused-ring (bicyclic) bond motifs is 1. The number of hydrogen-bond donors (Lipinski definition) is 1. The van der Waals surface area contributed by atoms with Gasteiger partial charge >= 0.3 is 0 Å². The molecule has 0 aromatic heterocycles. The summed E-state index contributed by atoms with van der Waals surface area (Å²) in [6, 6.07) is 8.42. The van der Waals surface area contributed by atoms with Crippen LogP contribution >= 0.6 is 0 Å². The third-order valence-corrected chi connectivity index (χ3v) is 5.18. The van der Waals surface area contributed by atoms with Crippen LogP contribution in [0.1, 0.15) is 37.8 Å². The molecule has 1 aromatic carbocycles. The molecule has 0 saturated carbocycles. The van der Waals surface area contributed by atoms with Crippen molar-refractivity contribution >= 4 is 11.6 Å². The summed E-state index contributed by atoms with van der Waals surface area (Å²) in [5.74, 6) is 0.0774. The molecule has 0 unspecified atom stereocenters. The molecule has 2 aliphatic rings. The predicted octanol–water partition coefficient (Wildman–Crippen LogP) is 2.59. The topological polar surface area (TPSA) is 41.6 Å². The van der Waals surface area contributed by atoms with Crippen molar-refractivity contribution in [2.45, 2.75) is 38.6 Å². The molecule has 4 heteroatoms. The van der Waals surface area contributed by atoms with Crippen molar-refractivity contribution in [3.63, 3.8) is 0 Å². The molecule has 0 bridgehead atoms. The van der Waals surface area contributed by atoms with Crippen molar-refractivity contribution < 1.29 is 9.53 Å². The molecular weight excluding hydrogens is 288 g/mol. The van der Waals surface area contributed by atoms with Gasteiger partial charge in [-0.05, 0) is 24.8 Å². The summed E-state index contributed by atoms with van der Waals surface area (Å²) in [5.41, 5.74) is 3.50. The van der Waals surface area contributed by atoms with Gasteiger partial charge in [0, 0.05) is 36.0 Å². The third-order valence-electron chi connectivity index (χ3n) is 5.18. The highest BCUT2D eigenvalue weighted by atomic mass is 16.5. The van der Waals surface area contributed by atoms with Crippen molar-refractivity contribution in [1.82, 2.24) is 10.2 Å². The van der Waals surface area contributed by atoms with Gasteiger partial charge in [-0.2, -0.15) is 0 Å². The number of carbonyl (C=O) groups is 1. The Morgan fingerprint density at radius 3 is 2.65 bits per heavy atom. The van der Waals surface area contributed by atoms with Gasteiger partial charge < -0.3 is 15.0 Å². The molecule has 124 valence electrons. The molecule has 0 spiro atoms. The molecule has 0 atom stereocenters. The number of hydrogen-bond acceptors (Lipinski definition) is 3. The predicted molar refractivity (Wildman–Crippen MR) is 92.0 cm³/mol. The van der Waals surface area contributed by atoms with Crippen LogP contribution in [-0.2, 0) is 16.0 Å². The zero-order chi connectivity index (χ0) is 16.3. The van der Waals surface area contributed by atoms with Crippen molar-refractivity contribution in [1.29, 1.82) is 0 Å². The Kier molecular flexibility index (Phi) is 4.71. The number of rotatable bonds is 3. The smallest absolute Gasteiger partial charge is 0.248 e. The van der Waals surface area contributed by atoms with Crippen molar-refractivity contribution in [2.24, 2.45) is 0 Å². The van der Waals surface area contributed by atoms with Crippen LogP contribution in [0.5, 0.6) is 0 Å². The molecular formula is C19H26N2O2. The summed E-state index contributed by atoms with van der Waals surface area (Å²) in [6.07, 6.45) is 4.88. The number of nitrogens with zero attached hydrogens (tertiary/aromatic N) is 1. The first kappa shape index (κ1) is 16.1. The van der Waals surface area contributed by atoms with Gasteiger partial charge in [0.05, 0.1) is 13.2 Å². The zero-order valence-electron chi connectivity index (χ0n) is 14.1. The van der Waals surface area contributed by atoms with Gasteiger partial charge in [-0.15, -0.1) is 0 Å². The summed E-state index contributed by atoms with van der Waals surface area (Å²) in [7, 11) is 0. The van der Waals surface area contributed by atoms with Crippen LogP contribution in [0.2, 0.25) is 0 Å². The minimum atomic E-state index is 0.0471. The van der Waals surface area contributed by atoms with Crippen LogP contribution in [0, 0.1) is 0 Å². The lowest BCUT2D eigenvalue weighted by atomic mass is 9.79. The van der Waals surface area contributed by atoms with E-state index in [1.54, 1.807) is 6.08 Å². The fraction of sp³-hybridized carbons (Fsp3) is 0.526. The second-order valence-electron chi connectivity index (χ2n) is 6.44. The van der Waals surface area contributed by atoms with Gasteiger partial charge in [0.15, 0.2) is 0 Å². The summed E-state index contributed by atoms with van der Waals surface area (Å²) < 4.78 is 5.33. The maximum atomic E-state index is 12.6. The quantitative estimate of drug-likeness (QED) is 0.872. The standard InChI is InChI=1S/C19H26N2O2/c1-3-19(4-2)14-15-7-5-6-8-16(15)17(20-19)13-18(22)21-9-11-23-12-10-21/h5-8,13,20H,3-4,9-12,14H2,1-2H3/b17-13-. The molecule has 0 radical (unpaired) electrons. The lowest BCUT2D eigenvalue weighted by Crippen LogP contribution is -2.48. The first-order chi connectivity index (χ1) is 11.2. The Hall–Kier alpha value is -1.81. The van der Waals surface area contributed by atoms with E-state index >= 15 is 0 Å². The van der Waals surface area contributed by atoms with E-state index in [1.807, 2.05) is 11.0 Å². The van der Waals surface area contributed by atoms with Crippen LogP contribution < -0.4 is 5.32 Å². The minimum Gasteiger partial charge on any atom is -0.379 e. The lowest BCUT2D eigenvalue weighted by Gasteiger charge is -2.40. The highest BCUT2D eigenvalue weighted by Gasteiger charge is 2.33. The van der Waals surface area contributed by atoms with Crippen LogP contribution in [0.4, 0.5) is 0 Å². The van der Waals surface area contributed by atoms with E-state index in [0.29, 0.717) is 26.3 Å². The third kappa shape index (κ3) is 3.27. The monoisotopic (exact) mass is 314 g/mol. The Morgan fingerprint density at radius 2 is 1.96 bits per heavy atom. The normalized spacial score (nSPS) is 21.7. The highest BCUT2D eigenvalue weighted by molar-refractivity contribution is 5.95. The molecule has 23 heavy (non-hydrogen) atoms. The number of carbonyl (C=O) groups excluding carboxylic acids is 1. The fourth-order valence-corrected chi connectivity index (χ4v) is 3.49. The Bertz CT molecular complexity index is 599. The summed E-state index contributed by atoms with van der Waals surface area (Å²) in [4.78, 5) is 14.5. The number of ether oxygens (including phenoxy) is 1. The molecule has 1 amide bonds. The number of morpholine rings is 1. The number of nitrogens with one attached hydrogen (secondary N) is 1. The second kappa shape index (κ2) is 6.75. The van der Waals surface area contributed by atoms with Gasteiger partial charge in [-0.25, -0.2) is 0 Å². The van der Waals surface area contributed by atoms with E-state index in [2.05, 4.69) is 37.4 Å². The van der Waals surface area contributed by atoms with Crippen molar-refractivity contribution in [3.05, 3.63) is 41.5 Å². The van der Waals surface area contributed by atoms with Crippen LogP contribution in [0.3, 0.4) is 0 Å². The van der Waals surface area contributed by atoms with Crippen LogP contribution in [-0.4, -0.2) is 42.6 Å². The van der Waals surface area contributed by atoms with Crippen LogP contribution in [0.25, 0.3) is 5.70 Å². The molecule has 1 saturated heterocycles. The summed E-state index contributed by atoms with van der Waals surface area (Å²) >= 11 is 0. The average Bonchev–Trinajstić information content (AvgIpc) is 2.62. The van der Waals surface area contributed by atoms with Gasteiger partial charge in [-0.1, -0.05) is 38.1 Å². The summed E-state index contributed by atoms with van der Waals surface area (Å²) in [5, 5.41) is 3.67. The molecule has 2 aliphatic heterocycles. The van der Waals surface area contributed by atoms with Gasteiger partial charge in [-0.3, -0.25) is 4.79 Å². The van der Waals surface area contributed by atoms with Gasteiger partial charge in [0.1, 0.15) is 0 Å². The van der Waals surface area contributed by atoms with Gasteiger partial charge in [0.25, 0.3) is 0 Å². The molecule has 3 rings (SSSR count). The lowest BCUT2D eigenvalue weighted by molar-refractivity contribution is -0.129. The van der Waals surface area contributed by atoms with E-state index in [0.717, 1.165) is 30.5 Å². The van der Waals surface area contributed by atoms with E-state index in [-0.39, 0.29) is 11.4 Å². The Labute approximate surface area is 138 Å². The number of benzene rings is 1. The summed E-state index contributed by atoms with van der Waals surface area (Å²) in [6.45, 7) is 7.05. The molecule has 1 N–H and O–H groups in total. The first-order valence-electron chi connectivity index (χ1n) is 8.62. The van der Waals surface area contributed by atoms with Crippen LogP contribution in [0.15, 0.2) is 30.3 Å². The maximum absolute atomic E-state index is 12.6. The average molecular weight is 314 g/mol. The van der Waals surface area contributed by atoms with Crippen molar-refractivity contribution in [3.8, 4) is 0 Å². The second-order valence-corrected chi connectivity index (χ2v) is 6.44. The Balaban J connectivity index is 1.92. The molecule has 2 heterocycles. The molecule has 1 aromatic rings.